The summed E-state index contributed by atoms with van der Waals surface area (Å²) in [4.78, 5) is 36.6. The Labute approximate surface area is 199 Å². The Bertz CT molecular complexity index is 1030. The van der Waals surface area contributed by atoms with E-state index in [2.05, 4.69) is 10.6 Å². The van der Waals surface area contributed by atoms with Crippen molar-refractivity contribution in [3.05, 3.63) is 102 Å². The first kappa shape index (κ1) is 24.5. The van der Waals surface area contributed by atoms with Crippen molar-refractivity contribution in [2.75, 3.05) is 19.7 Å². The number of ether oxygens (including phenoxy) is 2. The Morgan fingerprint density at radius 1 is 0.765 bits per heavy atom. The summed E-state index contributed by atoms with van der Waals surface area (Å²) < 4.78 is 9.69. The van der Waals surface area contributed by atoms with Crippen molar-refractivity contribution in [3.8, 4) is 5.75 Å². The standard InChI is InChI=1S/C27H28N2O5/c1-2-33-27(32)34-23-16-14-22(15-17-23)25(30)28-18-9-19-29-26(31)24(20-10-5-3-6-11-20)21-12-7-4-8-13-21/h3-8,10-17,24H,2,9,18-19H2,1H3,(H,28,30)(H,29,31). The molecule has 2 amide bonds. The monoisotopic (exact) mass is 460 g/mol. The number of rotatable bonds is 10. The Balaban J connectivity index is 1.46. The Morgan fingerprint density at radius 2 is 1.32 bits per heavy atom. The Morgan fingerprint density at radius 3 is 1.88 bits per heavy atom. The molecule has 0 radical (unpaired) electrons. The lowest BCUT2D eigenvalue weighted by Gasteiger charge is -2.18. The molecule has 0 atom stereocenters. The zero-order chi connectivity index (χ0) is 24.2. The predicted octanol–water partition coefficient (Wildman–Crippen LogP) is 4.29. The fourth-order valence-electron chi connectivity index (χ4n) is 3.41. The van der Waals surface area contributed by atoms with Gasteiger partial charge < -0.3 is 20.1 Å². The minimum atomic E-state index is -0.788. The number of carbonyl (C=O) groups is 3. The molecule has 176 valence electrons. The smallest absolute Gasteiger partial charge is 0.434 e. The number of carbonyl (C=O) groups excluding carboxylic acids is 3. The molecule has 2 N–H and O–H groups in total. The molecule has 3 aromatic carbocycles. The maximum absolute atomic E-state index is 13.0. The van der Waals surface area contributed by atoms with Gasteiger partial charge in [-0.1, -0.05) is 60.7 Å². The first-order valence-corrected chi connectivity index (χ1v) is 11.2. The van der Waals surface area contributed by atoms with Gasteiger partial charge >= 0.3 is 6.16 Å². The molecule has 0 saturated carbocycles. The molecule has 0 saturated heterocycles. The van der Waals surface area contributed by atoms with E-state index in [-0.39, 0.29) is 18.4 Å². The topological polar surface area (TPSA) is 93.7 Å². The average molecular weight is 461 g/mol. The van der Waals surface area contributed by atoms with Crippen LogP contribution < -0.4 is 15.4 Å². The van der Waals surface area contributed by atoms with Crippen LogP contribution in [0.3, 0.4) is 0 Å². The summed E-state index contributed by atoms with van der Waals surface area (Å²) in [5.41, 5.74) is 2.29. The number of hydrogen-bond donors (Lipinski definition) is 2. The number of benzene rings is 3. The number of amides is 2. The summed E-state index contributed by atoms with van der Waals surface area (Å²) in [5, 5.41) is 5.80. The molecular formula is C27H28N2O5. The molecule has 0 aromatic heterocycles. The third-order valence-corrected chi connectivity index (χ3v) is 5.05. The molecule has 0 fully saturated rings. The molecule has 34 heavy (non-hydrogen) atoms. The Hall–Kier alpha value is -4.13. The molecule has 0 bridgehead atoms. The van der Waals surface area contributed by atoms with Crippen LogP contribution in [-0.2, 0) is 9.53 Å². The van der Waals surface area contributed by atoms with E-state index in [1.165, 1.54) is 12.1 Å². The van der Waals surface area contributed by atoms with Crippen LogP contribution in [0.1, 0.15) is 40.7 Å². The van der Waals surface area contributed by atoms with Gasteiger partial charge in [0, 0.05) is 18.7 Å². The van der Waals surface area contributed by atoms with E-state index in [9.17, 15) is 14.4 Å². The van der Waals surface area contributed by atoms with Gasteiger partial charge in [0.25, 0.3) is 5.91 Å². The molecule has 0 spiro atoms. The molecule has 7 heteroatoms. The normalized spacial score (nSPS) is 10.4. The lowest BCUT2D eigenvalue weighted by atomic mass is 9.90. The fraction of sp³-hybridized carbons (Fsp3) is 0.222. The van der Waals surface area contributed by atoms with E-state index in [0.29, 0.717) is 30.8 Å². The minimum Gasteiger partial charge on any atom is -0.434 e. The molecule has 0 aliphatic heterocycles. The van der Waals surface area contributed by atoms with Crippen LogP contribution in [0.5, 0.6) is 5.75 Å². The SMILES string of the molecule is CCOC(=O)Oc1ccc(C(=O)NCCCNC(=O)C(c2ccccc2)c2ccccc2)cc1. The molecule has 3 rings (SSSR count). The molecule has 0 unspecified atom stereocenters. The van der Waals surface area contributed by atoms with Gasteiger partial charge in [0.05, 0.1) is 12.5 Å². The molecular weight excluding hydrogens is 432 g/mol. The Kier molecular flexibility index (Phi) is 9.22. The first-order chi connectivity index (χ1) is 16.6. The molecule has 7 nitrogen and oxygen atoms in total. The van der Waals surface area contributed by atoms with Crippen molar-refractivity contribution in [1.82, 2.24) is 10.6 Å². The predicted molar refractivity (Wildman–Crippen MR) is 129 cm³/mol. The van der Waals surface area contributed by atoms with E-state index >= 15 is 0 Å². The zero-order valence-electron chi connectivity index (χ0n) is 19.0. The van der Waals surface area contributed by atoms with Crippen molar-refractivity contribution in [2.24, 2.45) is 0 Å². The summed E-state index contributed by atoms with van der Waals surface area (Å²) in [6.45, 7) is 2.74. The van der Waals surface area contributed by atoms with Crippen LogP contribution >= 0.6 is 0 Å². The summed E-state index contributed by atoms with van der Waals surface area (Å²) in [6.07, 6.45) is -0.207. The average Bonchev–Trinajstić information content (AvgIpc) is 2.86. The summed E-state index contributed by atoms with van der Waals surface area (Å²) in [7, 11) is 0. The first-order valence-electron chi connectivity index (χ1n) is 11.2. The van der Waals surface area contributed by atoms with Crippen molar-refractivity contribution in [1.29, 1.82) is 0 Å². The van der Waals surface area contributed by atoms with Gasteiger partial charge in [-0.15, -0.1) is 0 Å². The molecule has 0 heterocycles. The lowest BCUT2D eigenvalue weighted by molar-refractivity contribution is -0.121. The number of nitrogens with one attached hydrogen (secondary N) is 2. The van der Waals surface area contributed by atoms with E-state index < -0.39 is 12.1 Å². The third-order valence-electron chi connectivity index (χ3n) is 5.05. The highest BCUT2D eigenvalue weighted by Crippen LogP contribution is 2.24. The van der Waals surface area contributed by atoms with E-state index in [0.717, 1.165) is 11.1 Å². The fourth-order valence-corrected chi connectivity index (χ4v) is 3.41. The van der Waals surface area contributed by atoms with Gasteiger partial charge in [0.15, 0.2) is 0 Å². The number of hydrogen-bond acceptors (Lipinski definition) is 5. The highest BCUT2D eigenvalue weighted by molar-refractivity contribution is 5.94. The van der Waals surface area contributed by atoms with Crippen molar-refractivity contribution >= 4 is 18.0 Å². The molecule has 0 aliphatic rings. The van der Waals surface area contributed by atoms with Gasteiger partial charge in [-0.2, -0.15) is 0 Å². The molecule has 3 aromatic rings. The van der Waals surface area contributed by atoms with E-state index in [1.54, 1.807) is 19.1 Å². The zero-order valence-corrected chi connectivity index (χ0v) is 19.0. The van der Waals surface area contributed by atoms with Gasteiger partial charge in [0.2, 0.25) is 5.91 Å². The second-order valence-corrected chi connectivity index (χ2v) is 7.46. The van der Waals surface area contributed by atoms with Gasteiger partial charge in [-0.25, -0.2) is 4.79 Å². The van der Waals surface area contributed by atoms with Gasteiger partial charge in [-0.05, 0) is 48.7 Å². The second-order valence-electron chi connectivity index (χ2n) is 7.46. The van der Waals surface area contributed by atoms with Crippen LogP contribution in [0.25, 0.3) is 0 Å². The maximum atomic E-state index is 13.0. The maximum Gasteiger partial charge on any atom is 0.513 e. The minimum absolute atomic E-state index is 0.0825. The van der Waals surface area contributed by atoms with Crippen LogP contribution in [0.2, 0.25) is 0 Å². The van der Waals surface area contributed by atoms with E-state index in [4.69, 9.17) is 9.47 Å². The highest BCUT2D eigenvalue weighted by atomic mass is 16.7. The van der Waals surface area contributed by atoms with Crippen molar-refractivity contribution in [2.45, 2.75) is 19.3 Å². The second kappa shape index (κ2) is 12.8. The van der Waals surface area contributed by atoms with Crippen LogP contribution in [0, 0.1) is 0 Å². The van der Waals surface area contributed by atoms with Gasteiger partial charge in [0.1, 0.15) is 5.75 Å². The molecule has 0 aliphatic carbocycles. The van der Waals surface area contributed by atoms with Crippen molar-refractivity contribution in [3.63, 3.8) is 0 Å². The largest absolute Gasteiger partial charge is 0.513 e. The van der Waals surface area contributed by atoms with Gasteiger partial charge in [-0.3, -0.25) is 9.59 Å². The van der Waals surface area contributed by atoms with E-state index in [1.807, 2.05) is 60.7 Å². The summed E-state index contributed by atoms with van der Waals surface area (Å²) in [5.74, 6) is -0.433. The lowest BCUT2D eigenvalue weighted by Crippen LogP contribution is -2.33. The van der Waals surface area contributed by atoms with Crippen molar-refractivity contribution < 1.29 is 23.9 Å². The summed E-state index contributed by atoms with van der Waals surface area (Å²) in [6, 6.07) is 25.5. The quantitative estimate of drug-likeness (QED) is 0.267. The van der Waals surface area contributed by atoms with Crippen LogP contribution in [0.15, 0.2) is 84.9 Å². The van der Waals surface area contributed by atoms with Crippen LogP contribution in [-0.4, -0.2) is 37.7 Å². The highest BCUT2D eigenvalue weighted by Gasteiger charge is 2.22. The summed E-state index contributed by atoms with van der Waals surface area (Å²) >= 11 is 0. The third kappa shape index (κ3) is 7.20. The van der Waals surface area contributed by atoms with Crippen LogP contribution in [0.4, 0.5) is 4.79 Å².